The van der Waals surface area contributed by atoms with Gasteiger partial charge in [0, 0.05) is 32.4 Å². The number of carbonyl (C=O) groups excluding carboxylic acids is 1. The molecule has 5 rings (SSSR count). The Morgan fingerprint density at radius 1 is 1.03 bits per heavy atom. The summed E-state index contributed by atoms with van der Waals surface area (Å²) in [6, 6.07) is 16.3. The number of carbonyl (C=O) groups is 2. The van der Waals surface area contributed by atoms with Crippen molar-refractivity contribution in [1.29, 1.82) is 0 Å². The van der Waals surface area contributed by atoms with Gasteiger partial charge < -0.3 is 19.6 Å². The zero-order valence-electron chi connectivity index (χ0n) is 20.9. The van der Waals surface area contributed by atoms with Crippen LogP contribution in [0.25, 0.3) is 11.1 Å². The highest BCUT2D eigenvalue weighted by atomic mass is 19.1. The van der Waals surface area contributed by atoms with Crippen molar-refractivity contribution in [2.24, 2.45) is 0 Å². The van der Waals surface area contributed by atoms with Crippen LogP contribution in [-0.2, 0) is 6.42 Å². The third-order valence-electron chi connectivity index (χ3n) is 6.46. The maximum Gasteiger partial charge on any atom is 0.335 e. The van der Waals surface area contributed by atoms with Gasteiger partial charge in [0.1, 0.15) is 5.82 Å². The Hall–Kier alpha value is -4.79. The van der Waals surface area contributed by atoms with Crippen LogP contribution in [0, 0.1) is 5.82 Å². The molecule has 8 nitrogen and oxygen atoms in total. The molecular formula is C29H25FN4O4. The minimum absolute atomic E-state index is 0.105. The average Bonchev–Trinajstić information content (AvgIpc) is 3.02. The number of hydrogen-bond acceptors (Lipinski definition) is 6. The highest BCUT2D eigenvalue weighted by Gasteiger charge is 2.30. The van der Waals surface area contributed by atoms with Crippen LogP contribution in [0.15, 0.2) is 73.1 Å². The van der Waals surface area contributed by atoms with Gasteiger partial charge in [-0.15, -0.1) is 0 Å². The average molecular weight is 513 g/mol. The Balaban J connectivity index is 1.30. The third kappa shape index (κ3) is 4.66. The SMILES string of the molecule is CCN1c2ncc(CCOc3ccc(-c4ccc(C(=O)O)cc4)cc3F)cc2C(=O)N(C)c2cccnc21. The fourth-order valence-electron chi connectivity index (χ4n) is 4.44. The molecule has 4 aromatic rings. The number of carboxylic acids is 1. The van der Waals surface area contributed by atoms with Crippen LogP contribution in [0.5, 0.6) is 5.75 Å². The summed E-state index contributed by atoms with van der Waals surface area (Å²) in [4.78, 5) is 36.9. The van der Waals surface area contributed by atoms with Gasteiger partial charge in [-0.2, -0.15) is 0 Å². The van der Waals surface area contributed by atoms with Crippen molar-refractivity contribution in [2.45, 2.75) is 13.3 Å². The van der Waals surface area contributed by atoms with Crippen LogP contribution in [0.2, 0.25) is 0 Å². The van der Waals surface area contributed by atoms with Crippen molar-refractivity contribution in [1.82, 2.24) is 9.97 Å². The zero-order chi connectivity index (χ0) is 26.8. The molecule has 0 saturated carbocycles. The molecule has 9 heteroatoms. The van der Waals surface area contributed by atoms with E-state index in [1.807, 2.05) is 17.9 Å². The molecule has 192 valence electrons. The second-order valence-corrected chi connectivity index (χ2v) is 8.80. The van der Waals surface area contributed by atoms with Crippen LogP contribution in [0.4, 0.5) is 21.7 Å². The first-order chi connectivity index (χ1) is 18.4. The molecular weight excluding hydrogens is 487 g/mol. The van der Waals surface area contributed by atoms with E-state index in [-0.39, 0.29) is 23.8 Å². The normalized spacial score (nSPS) is 12.6. The van der Waals surface area contributed by atoms with E-state index in [0.29, 0.717) is 47.0 Å². The van der Waals surface area contributed by atoms with Gasteiger partial charge in [0.15, 0.2) is 17.4 Å². The fraction of sp³-hybridized carbons (Fsp3) is 0.172. The minimum Gasteiger partial charge on any atom is -0.490 e. The maximum atomic E-state index is 14.8. The number of benzene rings is 2. The number of aromatic nitrogens is 2. The van der Waals surface area contributed by atoms with E-state index in [4.69, 9.17) is 9.84 Å². The number of pyridine rings is 2. The smallest absolute Gasteiger partial charge is 0.335 e. The molecule has 1 N–H and O–H groups in total. The van der Waals surface area contributed by atoms with Gasteiger partial charge >= 0.3 is 5.97 Å². The third-order valence-corrected chi connectivity index (χ3v) is 6.46. The van der Waals surface area contributed by atoms with E-state index in [1.165, 1.54) is 18.2 Å². The molecule has 2 aromatic carbocycles. The number of aromatic carboxylic acids is 1. The van der Waals surface area contributed by atoms with Crippen LogP contribution >= 0.6 is 0 Å². The minimum atomic E-state index is -1.02. The molecule has 0 aliphatic carbocycles. The molecule has 38 heavy (non-hydrogen) atoms. The van der Waals surface area contributed by atoms with E-state index in [0.717, 1.165) is 5.56 Å². The Morgan fingerprint density at radius 2 is 1.79 bits per heavy atom. The molecule has 0 radical (unpaired) electrons. The quantitative estimate of drug-likeness (QED) is 0.357. The van der Waals surface area contributed by atoms with Crippen LogP contribution in [0.1, 0.15) is 33.2 Å². The van der Waals surface area contributed by atoms with Crippen LogP contribution < -0.4 is 14.5 Å². The second-order valence-electron chi connectivity index (χ2n) is 8.80. The fourth-order valence-corrected chi connectivity index (χ4v) is 4.44. The molecule has 0 bridgehead atoms. The summed E-state index contributed by atoms with van der Waals surface area (Å²) in [5.41, 5.74) is 3.44. The summed E-state index contributed by atoms with van der Waals surface area (Å²) >= 11 is 0. The van der Waals surface area contributed by atoms with Gasteiger partial charge in [0.2, 0.25) is 0 Å². The first-order valence-corrected chi connectivity index (χ1v) is 12.1. The van der Waals surface area contributed by atoms with Crippen molar-refractivity contribution in [2.75, 3.05) is 30.0 Å². The van der Waals surface area contributed by atoms with Crippen molar-refractivity contribution in [3.63, 3.8) is 0 Å². The number of carboxylic acid groups (broad SMARTS) is 1. The standard InChI is InChI=1S/C29H25FN4O4/c1-3-34-26-22(28(35)33(2)24-5-4-13-31-27(24)34)15-18(17-32-26)12-14-38-25-11-10-21(16-23(25)30)19-6-8-20(9-7-19)29(36)37/h4-11,13,15-17H,3,12,14H2,1-2H3,(H,36,37). The van der Waals surface area contributed by atoms with Crippen LogP contribution in [0.3, 0.4) is 0 Å². The van der Waals surface area contributed by atoms with Crippen LogP contribution in [-0.4, -0.2) is 47.2 Å². The summed E-state index contributed by atoms with van der Waals surface area (Å²) in [6.45, 7) is 2.76. The van der Waals surface area contributed by atoms with E-state index >= 15 is 0 Å². The number of fused-ring (bicyclic) bond motifs is 2. The number of halogens is 1. The molecule has 1 aliphatic heterocycles. The van der Waals surface area contributed by atoms with E-state index < -0.39 is 11.8 Å². The lowest BCUT2D eigenvalue weighted by Gasteiger charge is -2.22. The van der Waals surface area contributed by atoms with E-state index in [9.17, 15) is 14.0 Å². The zero-order valence-corrected chi connectivity index (χ0v) is 20.9. The number of rotatable bonds is 7. The molecule has 0 fully saturated rings. The van der Waals surface area contributed by atoms with Crippen molar-refractivity contribution < 1.29 is 23.8 Å². The predicted molar refractivity (Wildman–Crippen MR) is 142 cm³/mol. The molecule has 0 atom stereocenters. The molecule has 1 amide bonds. The van der Waals surface area contributed by atoms with Gasteiger partial charge in [-0.05, 0) is 66.1 Å². The van der Waals surface area contributed by atoms with Gasteiger partial charge in [-0.1, -0.05) is 18.2 Å². The first kappa shape index (κ1) is 24.9. The predicted octanol–water partition coefficient (Wildman–Crippen LogP) is 5.35. The summed E-state index contributed by atoms with van der Waals surface area (Å²) in [7, 11) is 1.72. The monoisotopic (exact) mass is 512 g/mol. The number of hydrogen-bond donors (Lipinski definition) is 1. The largest absolute Gasteiger partial charge is 0.490 e. The van der Waals surface area contributed by atoms with Crippen molar-refractivity contribution in [3.05, 3.63) is 95.6 Å². The Bertz CT molecular complexity index is 1520. The van der Waals surface area contributed by atoms with Gasteiger partial charge in [-0.25, -0.2) is 19.2 Å². The first-order valence-electron chi connectivity index (χ1n) is 12.1. The molecule has 0 saturated heterocycles. The highest BCUT2D eigenvalue weighted by Crippen LogP contribution is 2.37. The lowest BCUT2D eigenvalue weighted by Crippen LogP contribution is -2.25. The Kier molecular flexibility index (Phi) is 6.74. The number of ether oxygens (including phenoxy) is 1. The van der Waals surface area contributed by atoms with Gasteiger partial charge in [0.05, 0.1) is 23.4 Å². The lowest BCUT2D eigenvalue weighted by molar-refractivity contribution is 0.0696. The van der Waals surface area contributed by atoms with Crippen molar-refractivity contribution >= 4 is 29.2 Å². The summed E-state index contributed by atoms with van der Waals surface area (Å²) in [5, 5.41) is 9.04. The van der Waals surface area contributed by atoms with E-state index in [2.05, 4.69) is 9.97 Å². The molecule has 0 spiro atoms. The summed E-state index contributed by atoms with van der Waals surface area (Å²) in [6.07, 6.45) is 3.82. The topological polar surface area (TPSA) is 95.9 Å². The maximum absolute atomic E-state index is 14.8. The number of anilines is 3. The lowest BCUT2D eigenvalue weighted by atomic mass is 10.0. The second kappa shape index (κ2) is 10.3. The summed E-state index contributed by atoms with van der Waals surface area (Å²) < 4.78 is 20.4. The Morgan fingerprint density at radius 3 is 2.50 bits per heavy atom. The molecule has 1 aliphatic rings. The number of amides is 1. The number of nitrogens with zero attached hydrogens (tertiary/aromatic N) is 4. The summed E-state index contributed by atoms with van der Waals surface area (Å²) in [5.74, 6) is -0.399. The van der Waals surface area contributed by atoms with Crippen molar-refractivity contribution in [3.8, 4) is 16.9 Å². The van der Waals surface area contributed by atoms with Gasteiger partial charge in [-0.3, -0.25) is 4.79 Å². The Labute approximate surface area is 219 Å². The molecule has 2 aromatic heterocycles. The van der Waals surface area contributed by atoms with E-state index in [1.54, 1.807) is 60.7 Å². The molecule has 3 heterocycles. The molecule has 0 unspecified atom stereocenters. The highest BCUT2D eigenvalue weighted by molar-refractivity contribution is 6.12. The van der Waals surface area contributed by atoms with Gasteiger partial charge in [0.25, 0.3) is 5.91 Å².